The third kappa shape index (κ3) is 3.02. The van der Waals surface area contributed by atoms with Crippen LogP contribution >= 0.6 is 0 Å². The van der Waals surface area contributed by atoms with Gasteiger partial charge in [-0.25, -0.2) is 0 Å². The Balaban J connectivity index is 1.20. The van der Waals surface area contributed by atoms with Gasteiger partial charge in [0.1, 0.15) is 22.3 Å². The molecule has 3 heterocycles. The van der Waals surface area contributed by atoms with Crippen LogP contribution in [0.15, 0.2) is 142 Å². The Labute approximate surface area is 280 Å². The highest BCUT2D eigenvalue weighted by molar-refractivity contribution is 6.42. The molecule has 3 aromatic heterocycles. The summed E-state index contributed by atoms with van der Waals surface area (Å²) in [6, 6.07) is 47.8. The van der Waals surface area contributed by atoms with Crippen molar-refractivity contribution < 1.29 is 8.83 Å². The monoisotopic (exact) mass is 628 g/mol. The molecule has 0 radical (unpaired) electrons. The number of benzene rings is 7. The third-order valence-electron chi connectivity index (χ3n) is 11.3. The summed E-state index contributed by atoms with van der Waals surface area (Å²) >= 11 is 0. The summed E-state index contributed by atoms with van der Waals surface area (Å²) < 4.78 is 15.8. The Morgan fingerprint density at radius 1 is 0.408 bits per heavy atom. The fourth-order valence-corrected chi connectivity index (χ4v) is 9.23. The van der Waals surface area contributed by atoms with Gasteiger partial charge in [-0.05, 0) is 107 Å². The lowest BCUT2D eigenvalue weighted by atomic mass is 9.81. The number of nitrogens with zero attached hydrogens (tertiary/aromatic N) is 2. The molecular formula is C45H28N2O2. The summed E-state index contributed by atoms with van der Waals surface area (Å²) in [4.78, 5) is 2.30. The lowest BCUT2D eigenvalue weighted by molar-refractivity contribution is 0.656. The van der Waals surface area contributed by atoms with Gasteiger partial charge in [-0.15, -0.1) is 0 Å². The molecule has 0 fully saturated rings. The third-order valence-corrected chi connectivity index (χ3v) is 11.3. The second kappa shape index (κ2) is 8.60. The van der Waals surface area contributed by atoms with Crippen LogP contribution in [-0.4, -0.2) is 4.57 Å². The maximum absolute atomic E-state index is 6.68. The van der Waals surface area contributed by atoms with Gasteiger partial charge in [-0.2, -0.15) is 0 Å². The largest absolute Gasteiger partial charge is 0.456 e. The first-order valence-electron chi connectivity index (χ1n) is 16.9. The highest BCUT2D eigenvalue weighted by Crippen LogP contribution is 2.56. The number of furan rings is 2. The number of hydrogen-bond donors (Lipinski definition) is 0. The Morgan fingerprint density at radius 2 is 0.816 bits per heavy atom. The molecule has 0 unspecified atom stereocenters. The molecular weight excluding hydrogens is 601 g/mol. The van der Waals surface area contributed by atoms with Crippen LogP contribution in [-0.2, 0) is 5.41 Å². The number of aromatic nitrogens is 1. The molecule has 8 aromatic carbocycles. The second-order valence-electron chi connectivity index (χ2n) is 14.1. The van der Waals surface area contributed by atoms with Crippen LogP contribution in [0.5, 0.6) is 0 Å². The summed E-state index contributed by atoms with van der Waals surface area (Å²) in [5.74, 6) is 0. The first-order valence-corrected chi connectivity index (χ1v) is 16.9. The van der Waals surface area contributed by atoms with Gasteiger partial charge in [-0.3, -0.25) is 0 Å². The van der Waals surface area contributed by atoms with Crippen LogP contribution in [0.1, 0.15) is 25.0 Å². The van der Waals surface area contributed by atoms with E-state index in [1.54, 1.807) is 0 Å². The van der Waals surface area contributed by atoms with Crippen LogP contribution in [0.2, 0.25) is 0 Å². The van der Waals surface area contributed by atoms with Crippen molar-refractivity contribution in [1.82, 2.24) is 4.57 Å². The van der Waals surface area contributed by atoms with Gasteiger partial charge in [0.25, 0.3) is 0 Å². The average Bonchev–Trinajstić information content (AvgIpc) is 3.85. The van der Waals surface area contributed by atoms with Crippen molar-refractivity contribution in [2.24, 2.45) is 0 Å². The lowest BCUT2D eigenvalue weighted by Gasteiger charge is -2.25. The Kier molecular flexibility index (Phi) is 4.53. The van der Waals surface area contributed by atoms with Crippen molar-refractivity contribution in [3.63, 3.8) is 0 Å². The zero-order chi connectivity index (χ0) is 32.2. The van der Waals surface area contributed by atoms with Gasteiger partial charge < -0.3 is 18.3 Å². The number of para-hydroxylation sites is 2. The van der Waals surface area contributed by atoms with Crippen molar-refractivity contribution in [2.75, 3.05) is 4.90 Å². The molecule has 12 rings (SSSR count). The molecule has 4 nitrogen and oxygen atoms in total. The number of hydrogen-bond acceptors (Lipinski definition) is 3. The van der Waals surface area contributed by atoms with Gasteiger partial charge in [0.2, 0.25) is 0 Å². The van der Waals surface area contributed by atoms with E-state index in [2.05, 4.69) is 157 Å². The molecule has 1 aliphatic carbocycles. The molecule has 0 saturated heterocycles. The zero-order valence-corrected chi connectivity index (χ0v) is 26.9. The van der Waals surface area contributed by atoms with Crippen LogP contribution in [0, 0.1) is 0 Å². The van der Waals surface area contributed by atoms with E-state index in [1.807, 2.05) is 0 Å². The van der Waals surface area contributed by atoms with Crippen molar-refractivity contribution in [3.05, 3.63) is 145 Å². The molecule has 0 spiro atoms. The predicted molar refractivity (Wildman–Crippen MR) is 202 cm³/mol. The Hall–Kier alpha value is -6.26. The average molecular weight is 629 g/mol. The van der Waals surface area contributed by atoms with Gasteiger partial charge in [-0.1, -0.05) is 62.4 Å². The molecule has 0 atom stereocenters. The quantitative estimate of drug-likeness (QED) is 0.194. The number of anilines is 3. The van der Waals surface area contributed by atoms with Crippen molar-refractivity contribution in [3.8, 4) is 5.69 Å². The first-order chi connectivity index (χ1) is 24.1. The van der Waals surface area contributed by atoms with Gasteiger partial charge >= 0.3 is 0 Å². The highest BCUT2D eigenvalue weighted by Gasteiger charge is 2.37. The normalized spacial score (nSPS) is 14.1. The number of rotatable bonds is 4. The minimum Gasteiger partial charge on any atom is -0.456 e. The van der Waals surface area contributed by atoms with E-state index in [1.165, 1.54) is 54.2 Å². The van der Waals surface area contributed by atoms with E-state index in [4.69, 9.17) is 8.83 Å². The minimum absolute atomic E-state index is 0.134. The summed E-state index contributed by atoms with van der Waals surface area (Å²) in [5, 5.41) is 9.90. The fraction of sp³-hybridized carbons (Fsp3) is 0.0667. The topological polar surface area (TPSA) is 34.5 Å². The van der Waals surface area contributed by atoms with E-state index >= 15 is 0 Å². The van der Waals surface area contributed by atoms with E-state index in [0.29, 0.717) is 0 Å². The summed E-state index contributed by atoms with van der Waals surface area (Å²) in [6.45, 7) is 4.70. The van der Waals surface area contributed by atoms with Gasteiger partial charge in [0.05, 0.1) is 11.0 Å². The maximum Gasteiger partial charge on any atom is 0.136 e. The molecule has 0 saturated carbocycles. The SMILES string of the molecule is CC1(C)c2ccc3oc4ccc5c6c4c3c2c2c1ccc1oc3ccc(c6c3c12)n5-c1ccc(N(c2ccccc2)c2ccccc2)cc1. The lowest BCUT2D eigenvalue weighted by Crippen LogP contribution is -2.15. The van der Waals surface area contributed by atoms with Crippen LogP contribution in [0.25, 0.3) is 82.1 Å². The van der Waals surface area contributed by atoms with Gasteiger partial charge in [0, 0.05) is 60.5 Å². The summed E-state index contributed by atoms with van der Waals surface area (Å²) in [5.41, 5.74) is 13.1. The summed E-state index contributed by atoms with van der Waals surface area (Å²) in [7, 11) is 0. The van der Waals surface area contributed by atoms with Crippen molar-refractivity contribution in [1.29, 1.82) is 0 Å². The second-order valence-corrected chi connectivity index (χ2v) is 14.1. The molecule has 230 valence electrons. The van der Waals surface area contributed by atoms with Crippen molar-refractivity contribution in [2.45, 2.75) is 19.3 Å². The Bertz CT molecular complexity index is 2920. The first kappa shape index (κ1) is 25.8. The molecule has 0 N–H and O–H groups in total. The van der Waals surface area contributed by atoms with Crippen LogP contribution in [0.4, 0.5) is 17.1 Å². The van der Waals surface area contributed by atoms with Crippen LogP contribution < -0.4 is 4.90 Å². The molecule has 11 aromatic rings. The molecule has 1 aliphatic rings. The Morgan fingerprint density at radius 3 is 1.29 bits per heavy atom. The predicted octanol–water partition coefficient (Wildman–Crippen LogP) is 12.7. The maximum atomic E-state index is 6.68. The molecule has 0 amide bonds. The molecule has 0 bridgehead atoms. The highest BCUT2D eigenvalue weighted by atomic mass is 16.3. The fourth-order valence-electron chi connectivity index (χ4n) is 9.23. The van der Waals surface area contributed by atoms with Crippen molar-refractivity contribution >= 4 is 93.5 Å². The standard InChI is InChI=1S/C45H28N2O2/c1-45(2)29-17-21-33-41-37(29)38-30(45)18-22-34-42(38)44-36(49-34)24-20-32-40(44)39-31(19-23-35(48-33)43(39)41)47(32)28-15-13-27(14-16-28)46(25-9-5-3-6-10-25)26-11-7-4-8-12-26/h3-24H,1-2H3. The van der Waals surface area contributed by atoms with E-state index in [9.17, 15) is 0 Å². The summed E-state index contributed by atoms with van der Waals surface area (Å²) in [6.07, 6.45) is 0. The van der Waals surface area contributed by atoms with E-state index in [-0.39, 0.29) is 5.41 Å². The molecule has 4 heteroatoms. The molecule has 0 aliphatic heterocycles. The smallest absolute Gasteiger partial charge is 0.136 e. The minimum atomic E-state index is -0.134. The zero-order valence-electron chi connectivity index (χ0n) is 26.9. The van der Waals surface area contributed by atoms with Gasteiger partial charge in [0.15, 0.2) is 0 Å². The van der Waals surface area contributed by atoms with E-state index < -0.39 is 0 Å². The van der Waals surface area contributed by atoms with Crippen LogP contribution in [0.3, 0.4) is 0 Å². The molecule has 49 heavy (non-hydrogen) atoms. The van der Waals surface area contributed by atoms with E-state index in [0.717, 1.165) is 56.1 Å².